The third-order valence-electron chi connectivity index (χ3n) is 4.88. The highest BCUT2D eigenvalue weighted by Gasteiger charge is 2.25. The average Bonchev–Trinajstić information content (AvgIpc) is 3.15. The Hall–Kier alpha value is -2.83. The van der Waals surface area contributed by atoms with Gasteiger partial charge in [0.05, 0.1) is 5.69 Å². The lowest BCUT2D eigenvalue weighted by molar-refractivity contribution is -0.125. The number of anilines is 1. The van der Waals surface area contributed by atoms with E-state index in [4.69, 9.17) is 9.47 Å². The van der Waals surface area contributed by atoms with Crippen molar-refractivity contribution in [3.63, 3.8) is 0 Å². The third kappa shape index (κ3) is 3.56. The fourth-order valence-electron chi connectivity index (χ4n) is 3.32. The Morgan fingerprint density at radius 1 is 1.15 bits per heavy atom. The number of nitrogens with zero attached hydrogens (tertiary/aromatic N) is 3. The number of fused-ring (bicyclic) bond motifs is 1. The Morgan fingerprint density at radius 3 is 2.73 bits per heavy atom. The Kier molecular flexibility index (Phi) is 4.60. The van der Waals surface area contributed by atoms with Crippen LogP contribution in [0.5, 0.6) is 11.5 Å². The van der Waals surface area contributed by atoms with Crippen LogP contribution in [-0.4, -0.2) is 36.0 Å². The molecule has 7 nitrogen and oxygen atoms in total. The van der Waals surface area contributed by atoms with Gasteiger partial charge in [0, 0.05) is 25.6 Å². The first-order chi connectivity index (χ1) is 12.7. The molecule has 136 valence electrons. The number of piperidine rings is 1. The van der Waals surface area contributed by atoms with Gasteiger partial charge in [0.25, 0.3) is 0 Å². The lowest BCUT2D eigenvalue weighted by Gasteiger charge is -2.31. The average molecular weight is 354 g/mol. The molecule has 1 saturated heterocycles. The van der Waals surface area contributed by atoms with Crippen molar-refractivity contribution in [1.82, 2.24) is 15.5 Å². The van der Waals surface area contributed by atoms with Gasteiger partial charge in [0.1, 0.15) is 0 Å². The lowest BCUT2D eigenvalue weighted by atomic mass is 9.96. The van der Waals surface area contributed by atoms with E-state index in [0.717, 1.165) is 54.5 Å². The Morgan fingerprint density at radius 2 is 1.96 bits per heavy atom. The molecule has 2 aliphatic rings. The van der Waals surface area contributed by atoms with Crippen LogP contribution in [0.15, 0.2) is 30.3 Å². The van der Waals surface area contributed by atoms with Gasteiger partial charge in [-0.1, -0.05) is 6.07 Å². The number of carbonyl (C=O) groups is 1. The molecular weight excluding hydrogens is 332 g/mol. The molecule has 0 saturated carbocycles. The number of nitrogens with one attached hydrogen (secondary N) is 1. The number of benzene rings is 1. The SMILES string of the molecule is Cc1ccc(N2CCC(C(=O)NCc3ccc4c(c3)OCO4)CC2)nn1. The number of aromatic nitrogens is 2. The van der Waals surface area contributed by atoms with E-state index >= 15 is 0 Å². The second kappa shape index (κ2) is 7.19. The maximum Gasteiger partial charge on any atom is 0.231 e. The Balaban J connectivity index is 1.27. The molecule has 4 rings (SSSR count). The number of amides is 1. The molecular formula is C19H22N4O3. The summed E-state index contributed by atoms with van der Waals surface area (Å²) < 4.78 is 10.7. The van der Waals surface area contributed by atoms with E-state index in [1.807, 2.05) is 37.3 Å². The van der Waals surface area contributed by atoms with Crippen molar-refractivity contribution in [2.45, 2.75) is 26.3 Å². The van der Waals surface area contributed by atoms with Crippen LogP contribution in [0, 0.1) is 12.8 Å². The van der Waals surface area contributed by atoms with Crippen molar-refractivity contribution >= 4 is 11.7 Å². The van der Waals surface area contributed by atoms with Gasteiger partial charge < -0.3 is 19.7 Å². The molecule has 0 bridgehead atoms. The molecule has 3 heterocycles. The molecule has 7 heteroatoms. The monoisotopic (exact) mass is 354 g/mol. The zero-order chi connectivity index (χ0) is 17.9. The highest BCUT2D eigenvalue weighted by molar-refractivity contribution is 5.79. The zero-order valence-electron chi connectivity index (χ0n) is 14.8. The van der Waals surface area contributed by atoms with Crippen LogP contribution in [0.3, 0.4) is 0 Å². The Labute approximate surface area is 152 Å². The molecule has 1 N–H and O–H groups in total. The van der Waals surface area contributed by atoms with Crippen LogP contribution >= 0.6 is 0 Å². The minimum atomic E-state index is 0.0404. The van der Waals surface area contributed by atoms with Crippen molar-refractivity contribution < 1.29 is 14.3 Å². The van der Waals surface area contributed by atoms with Crippen LogP contribution < -0.4 is 19.7 Å². The molecule has 0 unspecified atom stereocenters. The smallest absolute Gasteiger partial charge is 0.231 e. The van der Waals surface area contributed by atoms with E-state index in [-0.39, 0.29) is 18.6 Å². The van der Waals surface area contributed by atoms with Gasteiger partial charge in [0.15, 0.2) is 17.3 Å². The normalized spacial score (nSPS) is 16.6. The summed E-state index contributed by atoms with van der Waals surface area (Å²) in [5.41, 5.74) is 1.92. The largest absolute Gasteiger partial charge is 0.454 e. The maximum absolute atomic E-state index is 12.5. The first kappa shape index (κ1) is 16.6. The topological polar surface area (TPSA) is 76.6 Å². The van der Waals surface area contributed by atoms with Gasteiger partial charge in [-0.15, -0.1) is 5.10 Å². The first-order valence-electron chi connectivity index (χ1n) is 8.90. The molecule has 2 aromatic rings. The fraction of sp³-hybridized carbons (Fsp3) is 0.421. The summed E-state index contributed by atoms with van der Waals surface area (Å²) in [6.07, 6.45) is 1.64. The van der Waals surface area contributed by atoms with Crippen molar-refractivity contribution in [3.8, 4) is 11.5 Å². The van der Waals surface area contributed by atoms with Crippen LogP contribution in [-0.2, 0) is 11.3 Å². The number of hydrogen-bond acceptors (Lipinski definition) is 6. The summed E-state index contributed by atoms with van der Waals surface area (Å²) in [6, 6.07) is 9.70. The molecule has 2 aliphatic heterocycles. The predicted molar refractivity (Wildman–Crippen MR) is 96.1 cm³/mol. The van der Waals surface area contributed by atoms with Gasteiger partial charge in [-0.25, -0.2) is 0 Å². The van der Waals surface area contributed by atoms with E-state index in [1.165, 1.54) is 0 Å². The summed E-state index contributed by atoms with van der Waals surface area (Å²) in [7, 11) is 0. The zero-order valence-corrected chi connectivity index (χ0v) is 14.8. The molecule has 1 amide bonds. The van der Waals surface area contributed by atoms with Gasteiger partial charge >= 0.3 is 0 Å². The maximum atomic E-state index is 12.5. The van der Waals surface area contributed by atoms with E-state index in [2.05, 4.69) is 20.4 Å². The van der Waals surface area contributed by atoms with Gasteiger partial charge in [0.2, 0.25) is 12.7 Å². The summed E-state index contributed by atoms with van der Waals surface area (Å²) in [6.45, 7) is 4.32. The van der Waals surface area contributed by atoms with Gasteiger partial charge in [-0.3, -0.25) is 4.79 Å². The molecule has 0 atom stereocenters. The van der Waals surface area contributed by atoms with E-state index in [0.29, 0.717) is 6.54 Å². The van der Waals surface area contributed by atoms with Crippen LogP contribution in [0.1, 0.15) is 24.1 Å². The third-order valence-corrected chi connectivity index (χ3v) is 4.88. The summed E-state index contributed by atoms with van der Waals surface area (Å²) in [4.78, 5) is 14.7. The number of aryl methyl sites for hydroxylation is 1. The Bertz CT molecular complexity index is 786. The van der Waals surface area contributed by atoms with Crippen molar-refractivity contribution in [3.05, 3.63) is 41.6 Å². The molecule has 0 aliphatic carbocycles. The standard InChI is InChI=1S/C19H22N4O3/c1-13-2-5-18(22-21-13)23-8-6-15(7-9-23)19(24)20-11-14-3-4-16-17(10-14)26-12-25-16/h2-5,10,15H,6-9,11-12H2,1H3,(H,20,24). The first-order valence-corrected chi connectivity index (χ1v) is 8.90. The predicted octanol–water partition coefficient (Wildman–Crippen LogP) is 2.05. The lowest BCUT2D eigenvalue weighted by Crippen LogP contribution is -2.40. The number of carbonyl (C=O) groups excluding carboxylic acids is 1. The van der Waals surface area contributed by atoms with E-state index in [1.54, 1.807) is 0 Å². The van der Waals surface area contributed by atoms with Crippen molar-refractivity contribution in [2.75, 3.05) is 24.8 Å². The minimum absolute atomic E-state index is 0.0404. The molecule has 1 aromatic carbocycles. The quantitative estimate of drug-likeness (QED) is 0.906. The van der Waals surface area contributed by atoms with E-state index < -0.39 is 0 Å². The summed E-state index contributed by atoms with van der Waals surface area (Å²) in [5.74, 6) is 2.53. The van der Waals surface area contributed by atoms with Crippen LogP contribution in [0.25, 0.3) is 0 Å². The second-order valence-electron chi connectivity index (χ2n) is 6.70. The van der Waals surface area contributed by atoms with E-state index in [9.17, 15) is 4.79 Å². The molecule has 1 fully saturated rings. The molecule has 26 heavy (non-hydrogen) atoms. The second-order valence-corrected chi connectivity index (χ2v) is 6.70. The van der Waals surface area contributed by atoms with Gasteiger partial charge in [-0.05, 0) is 49.6 Å². The van der Waals surface area contributed by atoms with Crippen molar-refractivity contribution in [2.24, 2.45) is 5.92 Å². The highest BCUT2D eigenvalue weighted by atomic mass is 16.7. The molecule has 0 radical (unpaired) electrons. The van der Waals surface area contributed by atoms with Crippen molar-refractivity contribution in [1.29, 1.82) is 0 Å². The summed E-state index contributed by atoms with van der Waals surface area (Å²) in [5, 5.41) is 11.4. The molecule has 1 aromatic heterocycles. The number of hydrogen-bond donors (Lipinski definition) is 1. The van der Waals surface area contributed by atoms with Crippen LogP contribution in [0.2, 0.25) is 0 Å². The summed E-state index contributed by atoms with van der Waals surface area (Å²) >= 11 is 0. The fourth-order valence-corrected chi connectivity index (χ4v) is 3.32. The van der Waals surface area contributed by atoms with Crippen LogP contribution in [0.4, 0.5) is 5.82 Å². The minimum Gasteiger partial charge on any atom is -0.454 e. The number of rotatable bonds is 4. The molecule has 0 spiro atoms. The number of ether oxygens (including phenoxy) is 2. The highest BCUT2D eigenvalue weighted by Crippen LogP contribution is 2.32. The van der Waals surface area contributed by atoms with Gasteiger partial charge in [-0.2, -0.15) is 5.10 Å².